The van der Waals surface area contributed by atoms with Gasteiger partial charge in [0.25, 0.3) is 5.91 Å². The highest BCUT2D eigenvalue weighted by atomic mass is 127. The molecule has 1 amide bonds. The maximum absolute atomic E-state index is 12.3. The number of H-pyrrole nitrogens is 1. The smallest absolute Gasteiger partial charge is 0.251 e. The molecule has 1 heterocycles. The average Bonchev–Trinajstić information content (AvgIpc) is 3.10. The number of nitrogens with zero attached hydrogens (tertiary/aromatic N) is 2. The summed E-state index contributed by atoms with van der Waals surface area (Å²) in [5, 5.41) is 22.3. The van der Waals surface area contributed by atoms with E-state index in [1.165, 1.54) is 4.90 Å². The second-order valence-electron chi connectivity index (χ2n) is 6.68. The quantitative estimate of drug-likeness (QED) is 0.109. The zero-order valence-corrected chi connectivity index (χ0v) is 19.4. The minimum absolute atomic E-state index is 0.0230. The van der Waals surface area contributed by atoms with Crippen molar-refractivity contribution in [2.24, 2.45) is 10.2 Å². The molecular weight excluding hydrogens is 523 g/mol. The minimum Gasteiger partial charge on any atom is -0.493 e. The topological polar surface area (TPSA) is 89.8 Å². The van der Waals surface area contributed by atoms with Crippen LogP contribution in [0.5, 0.6) is 5.88 Å². The van der Waals surface area contributed by atoms with Gasteiger partial charge in [-0.15, -0.1) is 16.9 Å². The number of rotatable bonds is 7. The molecule has 3 aromatic carbocycles. The van der Waals surface area contributed by atoms with Crippen LogP contribution in [0.15, 0.2) is 87.9 Å². The Hall–Kier alpha value is -2.85. The van der Waals surface area contributed by atoms with Crippen LogP contribution in [0.3, 0.4) is 0 Å². The van der Waals surface area contributed by atoms with Gasteiger partial charge >= 0.3 is 0 Å². The predicted octanol–water partition coefficient (Wildman–Crippen LogP) is 6.42. The number of aromatic nitrogens is 1. The van der Waals surface area contributed by atoms with Crippen LogP contribution in [0.25, 0.3) is 10.9 Å². The summed E-state index contributed by atoms with van der Waals surface area (Å²) in [4.78, 5) is 16.4. The van der Waals surface area contributed by atoms with Crippen LogP contribution in [0, 0.1) is 3.57 Å². The minimum atomic E-state index is -0.124. The molecule has 31 heavy (non-hydrogen) atoms. The van der Waals surface area contributed by atoms with Gasteiger partial charge in [0, 0.05) is 31.7 Å². The monoisotopic (exact) mass is 542 g/mol. The Morgan fingerprint density at radius 1 is 1.03 bits per heavy atom. The number of aromatic amines is 1. The first kappa shape index (κ1) is 21.4. The Kier molecular flexibility index (Phi) is 6.88. The van der Waals surface area contributed by atoms with Crippen molar-refractivity contribution in [3.05, 3.63) is 81.9 Å². The lowest BCUT2D eigenvalue weighted by Crippen LogP contribution is -2.25. The normalized spacial score (nSPS) is 11.3. The fourth-order valence-corrected chi connectivity index (χ4v) is 4.26. The zero-order chi connectivity index (χ0) is 21.6. The summed E-state index contributed by atoms with van der Waals surface area (Å²) in [5.74, 6) is 0.654. The van der Waals surface area contributed by atoms with E-state index in [4.69, 9.17) is 0 Å². The summed E-state index contributed by atoms with van der Waals surface area (Å²) in [5.41, 5.74) is 2.35. The summed E-state index contributed by atoms with van der Waals surface area (Å²) >= 11 is 3.91. The molecule has 0 aliphatic carbocycles. The van der Waals surface area contributed by atoms with E-state index in [-0.39, 0.29) is 11.8 Å². The number of halogens is 1. The maximum atomic E-state index is 12.3. The summed E-state index contributed by atoms with van der Waals surface area (Å²) < 4.78 is 1.04. The fraction of sp³-hybridized carbons (Fsp3) is 0.0870. The highest BCUT2D eigenvalue weighted by Gasteiger charge is 2.11. The van der Waals surface area contributed by atoms with Gasteiger partial charge in [-0.2, -0.15) is 5.11 Å². The predicted molar refractivity (Wildman–Crippen MR) is 133 cm³/mol. The van der Waals surface area contributed by atoms with Crippen LogP contribution in [0.4, 0.5) is 11.4 Å². The molecule has 0 fully saturated rings. The molecule has 0 saturated carbocycles. The molecule has 0 spiro atoms. The molecule has 4 rings (SSSR count). The number of aromatic hydroxyl groups is 1. The Bertz CT molecular complexity index is 1220. The number of thioether (sulfide) groups is 1. The largest absolute Gasteiger partial charge is 0.493 e. The number of hydrogen-bond acceptors (Lipinski definition) is 5. The third kappa shape index (κ3) is 5.45. The molecule has 0 atom stereocenters. The number of azo groups is 1. The van der Waals surface area contributed by atoms with E-state index < -0.39 is 0 Å². The van der Waals surface area contributed by atoms with Gasteiger partial charge in [0.15, 0.2) is 5.69 Å². The van der Waals surface area contributed by atoms with Crippen molar-refractivity contribution in [1.29, 1.82) is 0 Å². The van der Waals surface area contributed by atoms with Crippen molar-refractivity contribution >= 4 is 62.5 Å². The van der Waals surface area contributed by atoms with Gasteiger partial charge in [0.05, 0.1) is 11.2 Å². The van der Waals surface area contributed by atoms with E-state index in [1.54, 1.807) is 36.0 Å². The van der Waals surface area contributed by atoms with Crippen LogP contribution in [0.1, 0.15) is 10.4 Å². The van der Waals surface area contributed by atoms with Gasteiger partial charge in [0.2, 0.25) is 5.88 Å². The van der Waals surface area contributed by atoms with Crippen LogP contribution < -0.4 is 5.32 Å². The number of carbonyl (C=O) groups excluding carboxylic acids is 1. The average molecular weight is 542 g/mol. The molecule has 1 aromatic heterocycles. The molecule has 8 heteroatoms. The number of carbonyl (C=O) groups is 1. The number of benzene rings is 3. The van der Waals surface area contributed by atoms with Crippen molar-refractivity contribution in [1.82, 2.24) is 10.3 Å². The van der Waals surface area contributed by atoms with Crippen LogP contribution in [0.2, 0.25) is 0 Å². The van der Waals surface area contributed by atoms with Crippen molar-refractivity contribution in [3.63, 3.8) is 0 Å². The Balaban J connectivity index is 1.35. The molecular formula is C23H19IN4O2S. The molecule has 0 radical (unpaired) electrons. The summed E-state index contributed by atoms with van der Waals surface area (Å²) in [6.45, 7) is 0.582. The van der Waals surface area contributed by atoms with Crippen molar-refractivity contribution in [2.75, 3.05) is 12.3 Å². The lowest BCUT2D eigenvalue weighted by atomic mass is 10.2. The molecule has 3 N–H and O–H groups in total. The Morgan fingerprint density at radius 3 is 2.58 bits per heavy atom. The Labute approximate surface area is 197 Å². The van der Waals surface area contributed by atoms with Gasteiger partial charge in [0.1, 0.15) is 0 Å². The number of hydrogen-bond donors (Lipinski definition) is 3. The van der Waals surface area contributed by atoms with Crippen LogP contribution in [-0.4, -0.2) is 28.3 Å². The molecule has 0 bridgehead atoms. The van der Waals surface area contributed by atoms with Crippen molar-refractivity contribution < 1.29 is 9.90 Å². The fourth-order valence-electron chi connectivity index (χ4n) is 2.98. The van der Waals surface area contributed by atoms with Crippen LogP contribution in [-0.2, 0) is 0 Å². The van der Waals surface area contributed by atoms with E-state index in [1.807, 2.05) is 36.4 Å². The van der Waals surface area contributed by atoms with Gasteiger partial charge in [-0.05, 0) is 77.2 Å². The molecule has 0 unspecified atom stereocenters. The van der Waals surface area contributed by atoms with E-state index in [9.17, 15) is 9.90 Å². The molecule has 4 aromatic rings. The maximum Gasteiger partial charge on any atom is 0.251 e. The highest BCUT2D eigenvalue weighted by Crippen LogP contribution is 2.37. The van der Waals surface area contributed by atoms with Crippen LogP contribution >= 0.6 is 34.4 Å². The van der Waals surface area contributed by atoms with E-state index >= 15 is 0 Å². The molecule has 0 aliphatic heterocycles. The van der Waals surface area contributed by atoms with Gasteiger partial charge in [-0.1, -0.05) is 18.2 Å². The molecule has 156 valence electrons. The third-order valence-electron chi connectivity index (χ3n) is 4.51. The van der Waals surface area contributed by atoms with Gasteiger partial charge in [-0.3, -0.25) is 4.79 Å². The third-order valence-corrected chi connectivity index (χ3v) is 6.19. The van der Waals surface area contributed by atoms with E-state index in [0.29, 0.717) is 23.5 Å². The summed E-state index contributed by atoms with van der Waals surface area (Å²) in [7, 11) is 0. The van der Waals surface area contributed by atoms with Gasteiger partial charge < -0.3 is 15.4 Å². The van der Waals surface area contributed by atoms with E-state index in [0.717, 1.165) is 20.2 Å². The SMILES string of the molecule is O=C(NCCSc1ccccc1)c1ccc(N=Nc2c(O)[nH]c3ccc(I)cc23)cc1. The van der Waals surface area contributed by atoms with Crippen molar-refractivity contribution in [3.8, 4) is 5.88 Å². The summed E-state index contributed by atoms with van der Waals surface area (Å²) in [6, 6.07) is 22.8. The standard InChI is InChI=1S/C23H19IN4O2S/c24-16-8-11-20-19(14-16)21(23(30)26-20)28-27-17-9-6-15(7-10-17)22(29)25-12-13-31-18-4-2-1-3-5-18/h1-11,14,26,30H,12-13H2,(H,25,29). The lowest BCUT2D eigenvalue weighted by Gasteiger charge is -2.05. The first-order chi connectivity index (χ1) is 15.1. The lowest BCUT2D eigenvalue weighted by molar-refractivity contribution is 0.0956. The summed E-state index contributed by atoms with van der Waals surface area (Å²) in [6.07, 6.45) is 0. The van der Waals surface area contributed by atoms with Crippen molar-refractivity contribution in [2.45, 2.75) is 4.90 Å². The molecule has 0 saturated heterocycles. The first-order valence-electron chi connectivity index (χ1n) is 9.58. The number of nitrogens with one attached hydrogen (secondary N) is 2. The number of amides is 1. The van der Waals surface area contributed by atoms with Gasteiger partial charge in [-0.25, -0.2) is 0 Å². The number of fused-ring (bicyclic) bond motifs is 1. The Morgan fingerprint density at radius 2 is 1.81 bits per heavy atom. The zero-order valence-electron chi connectivity index (χ0n) is 16.4. The second kappa shape index (κ2) is 9.97. The van der Waals surface area contributed by atoms with E-state index in [2.05, 4.69) is 55.3 Å². The first-order valence-corrected chi connectivity index (χ1v) is 11.6. The molecule has 6 nitrogen and oxygen atoms in total. The second-order valence-corrected chi connectivity index (χ2v) is 9.09. The molecule has 0 aliphatic rings. The highest BCUT2D eigenvalue weighted by molar-refractivity contribution is 14.1.